The molecule has 5 rings (SSSR count). The number of para-hydroxylation sites is 2. The van der Waals surface area contributed by atoms with Crippen LogP contribution in [0.1, 0.15) is 43.7 Å². The van der Waals surface area contributed by atoms with Crippen LogP contribution in [-0.4, -0.2) is 21.7 Å². The molecule has 34 heavy (non-hydrogen) atoms. The molecule has 4 aromatic carbocycles. The normalized spacial score (nSPS) is 11.8. The molecule has 0 spiro atoms. The number of carbonyl (C=O) groups is 2. The van der Waals surface area contributed by atoms with E-state index in [-0.39, 0.29) is 17.7 Å². The van der Waals surface area contributed by atoms with Crippen molar-refractivity contribution in [1.82, 2.24) is 15.3 Å². The van der Waals surface area contributed by atoms with Gasteiger partial charge in [0.05, 0.1) is 17.1 Å². The summed E-state index contributed by atoms with van der Waals surface area (Å²) >= 11 is 0. The van der Waals surface area contributed by atoms with Crippen LogP contribution in [0.4, 0.5) is 0 Å². The zero-order chi connectivity index (χ0) is 23.3. The number of H-pyrrole nitrogens is 1. The Labute approximate surface area is 197 Å². The number of aromatic amines is 1. The molecule has 0 unspecified atom stereocenters. The third kappa shape index (κ3) is 4.64. The Kier molecular flexibility index (Phi) is 5.99. The first-order valence-corrected chi connectivity index (χ1v) is 11.2. The van der Waals surface area contributed by atoms with Gasteiger partial charge in [-0.3, -0.25) is 9.59 Å². The zero-order valence-electron chi connectivity index (χ0n) is 18.4. The molecule has 0 aliphatic carbocycles. The number of hydrogen-bond donors (Lipinski definition) is 2. The third-order valence-electron chi connectivity index (χ3n) is 5.77. The molecule has 1 heterocycles. The third-order valence-corrected chi connectivity index (χ3v) is 5.77. The molecule has 0 radical (unpaired) electrons. The number of rotatable bonds is 7. The number of nitrogens with zero attached hydrogens (tertiary/aromatic N) is 1. The number of aromatic nitrogens is 2. The molecule has 5 aromatic rings. The summed E-state index contributed by atoms with van der Waals surface area (Å²) in [5.41, 5.74) is 4.52. The van der Waals surface area contributed by atoms with Gasteiger partial charge in [0.1, 0.15) is 5.82 Å². The van der Waals surface area contributed by atoms with E-state index in [1.807, 2.05) is 72.8 Å². The molecular formula is C29H23N3O2. The monoisotopic (exact) mass is 445 g/mol. The molecule has 0 aliphatic heterocycles. The fourth-order valence-corrected chi connectivity index (χ4v) is 3.97. The minimum atomic E-state index is -0.340. The van der Waals surface area contributed by atoms with Crippen molar-refractivity contribution in [2.75, 3.05) is 0 Å². The fourth-order valence-electron chi connectivity index (χ4n) is 3.97. The Morgan fingerprint density at radius 2 is 1.29 bits per heavy atom. The number of ketones is 1. The minimum Gasteiger partial charge on any atom is -0.342 e. The van der Waals surface area contributed by atoms with Crippen LogP contribution in [0.25, 0.3) is 11.0 Å². The summed E-state index contributed by atoms with van der Waals surface area (Å²) in [7, 11) is 0. The summed E-state index contributed by atoms with van der Waals surface area (Å²) in [4.78, 5) is 33.9. The highest BCUT2D eigenvalue weighted by molar-refractivity contribution is 6.09. The van der Waals surface area contributed by atoms with Gasteiger partial charge in [0.15, 0.2) is 5.78 Å². The Bertz CT molecular complexity index is 1390. The molecule has 0 saturated carbocycles. The molecule has 1 aromatic heterocycles. The van der Waals surface area contributed by atoms with Crippen LogP contribution >= 0.6 is 0 Å². The number of imidazole rings is 1. The zero-order valence-corrected chi connectivity index (χ0v) is 18.4. The topological polar surface area (TPSA) is 74.8 Å². The number of carbonyl (C=O) groups excluding carboxylic acids is 2. The van der Waals surface area contributed by atoms with E-state index in [9.17, 15) is 9.59 Å². The summed E-state index contributed by atoms with van der Waals surface area (Å²) in [6, 6.07) is 33.3. The molecule has 2 N–H and O–H groups in total. The summed E-state index contributed by atoms with van der Waals surface area (Å²) in [6.45, 7) is 0. The predicted molar refractivity (Wildman–Crippen MR) is 133 cm³/mol. The number of benzene rings is 4. The van der Waals surface area contributed by atoms with Gasteiger partial charge in [0, 0.05) is 16.7 Å². The van der Waals surface area contributed by atoms with Crippen molar-refractivity contribution in [2.24, 2.45) is 0 Å². The van der Waals surface area contributed by atoms with Gasteiger partial charge in [0.2, 0.25) is 0 Å². The van der Waals surface area contributed by atoms with Gasteiger partial charge in [-0.2, -0.15) is 0 Å². The van der Waals surface area contributed by atoms with E-state index in [2.05, 4.69) is 10.3 Å². The second kappa shape index (κ2) is 9.55. The smallest absolute Gasteiger partial charge is 0.251 e. The van der Waals surface area contributed by atoms with E-state index in [0.717, 1.165) is 16.6 Å². The first kappa shape index (κ1) is 21.3. The van der Waals surface area contributed by atoms with E-state index in [1.54, 1.807) is 36.4 Å². The Hall–Kier alpha value is -4.51. The first-order valence-electron chi connectivity index (χ1n) is 11.2. The summed E-state index contributed by atoms with van der Waals surface area (Å²) in [5.74, 6) is 0.408. The quantitative estimate of drug-likeness (QED) is 0.325. The molecule has 5 heteroatoms. The Balaban J connectivity index is 1.38. The SMILES string of the molecule is O=C(N[C@@H](Cc1ccccc1)c1nc2ccccc2[nH]1)c1ccc(C(=O)c2ccccc2)cc1. The summed E-state index contributed by atoms with van der Waals surface area (Å²) < 4.78 is 0. The van der Waals surface area contributed by atoms with E-state index in [1.165, 1.54) is 0 Å². The maximum Gasteiger partial charge on any atom is 0.251 e. The van der Waals surface area contributed by atoms with Gasteiger partial charge in [-0.25, -0.2) is 4.98 Å². The molecule has 1 amide bonds. The fraction of sp³-hybridized carbons (Fsp3) is 0.0690. The Morgan fingerprint density at radius 3 is 2.00 bits per heavy atom. The van der Waals surface area contributed by atoms with Gasteiger partial charge in [-0.15, -0.1) is 0 Å². The molecular weight excluding hydrogens is 422 g/mol. The Morgan fingerprint density at radius 1 is 0.706 bits per heavy atom. The van der Waals surface area contributed by atoms with E-state index >= 15 is 0 Å². The number of nitrogens with one attached hydrogen (secondary N) is 2. The highest BCUT2D eigenvalue weighted by Gasteiger charge is 2.20. The minimum absolute atomic E-state index is 0.0724. The maximum absolute atomic E-state index is 13.1. The van der Waals surface area contributed by atoms with Crippen LogP contribution < -0.4 is 5.32 Å². The number of hydrogen-bond acceptors (Lipinski definition) is 3. The second-order valence-electron chi connectivity index (χ2n) is 8.13. The average Bonchev–Trinajstić information content (AvgIpc) is 3.33. The standard InChI is InChI=1S/C29H23N3O2/c33-27(21-11-5-2-6-12-21)22-15-17-23(18-16-22)29(34)32-26(19-20-9-3-1-4-10-20)28-30-24-13-7-8-14-25(24)31-28/h1-18,26H,19H2,(H,30,31)(H,32,34)/t26-/m0/s1. The van der Waals surface area contributed by atoms with Crippen molar-refractivity contribution in [1.29, 1.82) is 0 Å². The van der Waals surface area contributed by atoms with Gasteiger partial charge in [-0.1, -0.05) is 84.9 Å². The number of fused-ring (bicyclic) bond motifs is 1. The molecule has 0 aliphatic rings. The molecule has 0 fully saturated rings. The average molecular weight is 446 g/mol. The van der Waals surface area contributed by atoms with E-state index in [4.69, 9.17) is 4.98 Å². The van der Waals surface area contributed by atoms with Gasteiger partial charge in [-0.05, 0) is 36.2 Å². The second-order valence-corrected chi connectivity index (χ2v) is 8.13. The van der Waals surface area contributed by atoms with Crippen molar-refractivity contribution in [2.45, 2.75) is 12.5 Å². The van der Waals surface area contributed by atoms with Crippen LogP contribution in [0.3, 0.4) is 0 Å². The van der Waals surface area contributed by atoms with E-state index in [0.29, 0.717) is 28.9 Å². The van der Waals surface area contributed by atoms with Crippen molar-refractivity contribution in [3.63, 3.8) is 0 Å². The van der Waals surface area contributed by atoms with Gasteiger partial charge in [0.25, 0.3) is 5.91 Å². The molecule has 166 valence electrons. The molecule has 0 bridgehead atoms. The van der Waals surface area contributed by atoms with Crippen LogP contribution in [0.2, 0.25) is 0 Å². The lowest BCUT2D eigenvalue weighted by Gasteiger charge is -2.17. The van der Waals surface area contributed by atoms with E-state index < -0.39 is 0 Å². The van der Waals surface area contributed by atoms with Gasteiger partial charge >= 0.3 is 0 Å². The van der Waals surface area contributed by atoms with Gasteiger partial charge < -0.3 is 10.3 Å². The van der Waals surface area contributed by atoms with Crippen LogP contribution in [0, 0.1) is 0 Å². The lowest BCUT2D eigenvalue weighted by molar-refractivity contribution is 0.0933. The molecule has 0 saturated heterocycles. The van der Waals surface area contributed by atoms with Crippen molar-refractivity contribution < 1.29 is 9.59 Å². The number of amides is 1. The largest absolute Gasteiger partial charge is 0.342 e. The van der Waals surface area contributed by atoms with Crippen molar-refractivity contribution in [3.8, 4) is 0 Å². The summed E-state index contributed by atoms with van der Waals surface area (Å²) in [5, 5.41) is 3.12. The van der Waals surface area contributed by atoms with Crippen LogP contribution in [-0.2, 0) is 6.42 Å². The molecule has 5 nitrogen and oxygen atoms in total. The van der Waals surface area contributed by atoms with Crippen molar-refractivity contribution >= 4 is 22.7 Å². The maximum atomic E-state index is 13.1. The highest BCUT2D eigenvalue weighted by Crippen LogP contribution is 2.21. The van der Waals surface area contributed by atoms with Crippen LogP contribution in [0.5, 0.6) is 0 Å². The lowest BCUT2D eigenvalue weighted by atomic mass is 10.0. The summed E-state index contributed by atoms with van der Waals surface area (Å²) in [6.07, 6.45) is 0.594. The van der Waals surface area contributed by atoms with Crippen molar-refractivity contribution in [3.05, 3.63) is 137 Å². The lowest BCUT2D eigenvalue weighted by Crippen LogP contribution is -2.30. The van der Waals surface area contributed by atoms with Crippen LogP contribution in [0.15, 0.2) is 109 Å². The predicted octanol–water partition coefficient (Wildman–Crippen LogP) is 5.51. The molecule has 1 atom stereocenters. The highest BCUT2D eigenvalue weighted by atomic mass is 16.1. The first-order chi connectivity index (χ1) is 16.7.